The van der Waals surface area contributed by atoms with Gasteiger partial charge >= 0.3 is 5.82 Å². The Kier molecular flexibility index (Phi) is 3.59. The smallest absolute Gasteiger partial charge is 0.342 e. The fraction of sp³-hybridized carbons (Fsp3) is 0.250. The van der Waals surface area contributed by atoms with Gasteiger partial charge in [0.25, 0.3) is 0 Å². The number of rotatable bonds is 3. The molecule has 7 heteroatoms. The number of aliphatic hydroxyl groups excluding tert-OH is 1. The highest BCUT2D eigenvalue weighted by Crippen LogP contribution is 2.26. The molecule has 0 saturated carbocycles. The van der Waals surface area contributed by atoms with E-state index < -0.39 is 11.0 Å². The Balaban J connectivity index is 2.41. The van der Waals surface area contributed by atoms with Crippen LogP contribution in [0.15, 0.2) is 29.3 Å². The molecule has 100 valence electrons. The van der Waals surface area contributed by atoms with Crippen LogP contribution in [-0.4, -0.2) is 19.6 Å². The Labute approximate surface area is 115 Å². The number of aliphatic hydroxyl groups is 1. The highest BCUT2D eigenvalue weighted by Gasteiger charge is 2.24. The molecule has 0 spiro atoms. The molecule has 1 atom stereocenters. The van der Waals surface area contributed by atoms with Gasteiger partial charge < -0.3 is 15.2 Å². The number of hydrogen-bond donors (Lipinski definition) is 2. The van der Waals surface area contributed by atoms with Crippen molar-refractivity contribution in [3.05, 3.63) is 51.5 Å². The van der Waals surface area contributed by atoms with Gasteiger partial charge in [-0.05, 0) is 29.0 Å². The van der Waals surface area contributed by atoms with Crippen molar-refractivity contribution in [1.82, 2.24) is 9.55 Å². The van der Waals surface area contributed by atoms with Gasteiger partial charge in [-0.1, -0.05) is 12.1 Å². The first kappa shape index (κ1) is 13.6. The molecule has 1 aromatic carbocycles. The zero-order chi connectivity index (χ0) is 14.2. The van der Waals surface area contributed by atoms with E-state index in [1.807, 2.05) is 6.92 Å². The van der Waals surface area contributed by atoms with Crippen LogP contribution in [0.4, 0.5) is 5.82 Å². The van der Waals surface area contributed by atoms with Gasteiger partial charge in [0.1, 0.15) is 6.20 Å². The Morgan fingerprint density at radius 3 is 2.74 bits per heavy atom. The third kappa shape index (κ3) is 2.47. The van der Waals surface area contributed by atoms with Crippen molar-refractivity contribution in [2.45, 2.75) is 17.9 Å². The van der Waals surface area contributed by atoms with Gasteiger partial charge in [-0.3, -0.25) is 0 Å². The Bertz CT molecular complexity index is 639. The molecule has 2 rings (SSSR count). The van der Waals surface area contributed by atoms with Crippen LogP contribution in [0.5, 0.6) is 0 Å². The Morgan fingerprint density at radius 1 is 1.53 bits per heavy atom. The summed E-state index contributed by atoms with van der Waals surface area (Å²) in [7, 11) is 1.50. The van der Waals surface area contributed by atoms with E-state index >= 15 is 0 Å². The van der Waals surface area contributed by atoms with E-state index in [4.69, 9.17) is 0 Å². The molecular formula is C12H13N3O3S. The van der Waals surface area contributed by atoms with Gasteiger partial charge in [0.15, 0.2) is 6.10 Å². The maximum atomic E-state index is 10.7. The SMILES string of the molecule is Cc1cc(C(O)c2ncc([N+](=O)[O-])n2C)ccc1S. The predicted molar refractivity (Wildman–Crippen MR) is 72.4 cm³/mol. The summed E-state index contributed by atoms with van der Waals surface area (Å²) < 4.78 is 1.27. The number of nitrogens with zero attached hydrogens (tertiary/aromatic N) is 3. The molecule has 6 nitrogen and oxygen atoms in total. The fourth-order valence-corrected chi connectivity index (χ4v) is 1.97. The van der Waals surface area contributed by atoms with E-state index in [9.17, 15) is 15.2 Å². The van der Waals surface area contributed by atoms with E-state index in [0.717, 1.165) is 16.7 Å². The summed E-state index contributed by atoms with van der Waals surface area (Å²) in [4.78, 5) is 14.9. The van der Waals surface area contributed by atoms with Gasteiger partial charge in [0.05, 0.1) is 7.05 Å². The summed E-state index contributed by atoms with van der Waals surface area (Å²) in [6.07, 6.45) is 0.129. The predicted octanol–water partition coefficient (Wildman–Crippen LogP) is 2.01. The van der Waals surface area contributed by atoms with Crippen molar-refractivity contribution in [2.24, 2.45) is 7.05 Å². The number of thiol groups is 1. The van der Waals surface area contributed by atoms with E-state index in [1.54, 1.807) is 18.2 Å². The van der Waals surface area contributed by atoms with Crippen LogP contribution in [0, 0.1) is 17.0 Å². The molecule has 0 saturated heterocycles. The second-order valence-corrected chi connectivity index (χ2v) is 4.72. The van der Waals surface area contributed by atoms with Crippen molar-refractivity contribution < 1.29 is 10.0 Å². The van der Waals surface area contributed by atoms with Gasteiger partial charge in [0, 0.05) is 4.90 Å². The number of hydrogen-bond acceptors (Lipinski definition) is 5. The first-order valence-corrected chi connectivity index (χ1v) is 6.00. The average Bonchev–Trinajstić information content (AvgIpc) is 2.74. The van der Waals surface area contributed by atoms with Crippen molar-refractivity contribution in [3.8, 4) is 0 Å². The quantitative estimate of drug-likeness (QED) is 0.511. The first-order valence-electron chi connectivity index (χ1n) is 5.55. The lowest BCUT2D eigenvalue weighted by molar-refractivity contribution is -0.391. The van der Waals surface area contributed by atoms with Crippen molar-refractivity contribution in [1.29, 1.82) is 0 Å². The Morgan fingerprint density at radius 2 is 2.21 bits per heavy atom. The fourth-order valence-electron chi connectivity index (χ4n) is 1.84. The summed E-state index contributed by atoms with van der Waals surface area (Å²) in [5.74, 6) is 0.0783. The molecule has 0 bridgehead atoms. The van der Waals surface area contributed by atoms with E-state index in [2.05, 4.69) is 17.6 Å². The molecule has 0 radical (unpaired) electrons. The van der Waals surface area contributed by atoms with E-state index in [-0.39, 0.29) is 11.6 Å². The van der Waals surface area contributed by atoms with E-state index in [0.29, 0.717) is 5.56 Å². The minimum absolute atomic E-state index is 0.156. The van der Waals surface area contributed by atoms with Crippen molar-refractivity contribution in [3.63, 3.8) is 0 Å². The largest absolute Gasteiger partial charge is 0.378 e. The molecule has 0 amide bonds. The third-order valence-electron chi connectivity index (χ3n) is 2.97. The monoisotopic (exact) mass is 279 g/mol. The number of benzene rings is 1. The number of imidazole rings is 1. The second kappa shape index (κ2) is 5.02. The Hall–Kier alpha value is -1.86. The molecule has 1 N–H and O–H groups in total. The molecule has 0 aliphatic carbocycles. The van der Waals surface area contributed by atoms with Crippen LogP contribution in [0.25, 0.3) is 0 Å². The maximum Gasteiger partial charge on any atom is 0.342 e. The van der Waals surface area contributed by atoms with Gasteiger partial charge in [-0.2, -0.15) is 0 Å². The summed E-state index contributed by atoms with van der Waals surface area (Å²) in [5, 5.41) is 21.0. The molecule has 0 fully saturated rings. The molecule has 1 aromatic heterocycles. The van der Waals surface area contributed by atoms with Crippen LogP contribution in [-0.2, 0) is 7.05 Å². The van der Waals surface area contributed by atoms with Gasteiger partial charge in [-0.25, -0.2) is 9.55 Å². The summed E-state index contributed by atoms with van der Waals surface area (Å²) in [6, 6.07) is 5.28. The van der Waals surface area contributed by atoms with Gasteiger partial charge in [-0.15, -0.1) is 12.6 Å². The maximum absolute atomic E-state index is 10.7. The lowest BCUT2D eigenvalue weighted by atomic mass is 10.1. The normalized spacial score (nSPS) is 12.4. The van der Waals surface area contributed by atoms with Crippen LogP contribution in [0.2, 0.25) is 0 Å². The van der Waals surface area contributed by atoms with Crippen molar-refractivity contribution in [2.75, 3.05) is 0 Å². The summed E-state index contributed by atoms with van der Waals surface area (Å²) in [6.45, 7) is 1.87. The minimum Gasteiger partial charge on any atom is -0.378 e. The highest BCUT2D eigenvalue weighted by atomic mass is 32.1. The first-order chi connectivity index (χ1) is 8.91. The van der Waals surface area contributed by atoms with Crippen LogP contribution in [0.1, 0.15) is 23.1 Å². The molecule has 2 aromatic rings. The van der Waals surface area contributed by atoms with E-state index in [1.165, 1.54) is 11.6 Å². The number of aromatic nitrogens is 2. The van der Waals surface area contributed by atoms with Gasteiger partial charge in [0.2, 0.25) is 5.82 Å². The number of aryl methyl sites for hydroxylation is 1. The molecule has 1 unspecified atom stereocenters. The average molecular weight is 279 g/mol. The molecular weight excluding hydrogens is 266 g/mol. The molecule has 0 aliphatic heterocycles. The molecule has 1 heterocycles. The zero-order valence-electron chi connectivity index (χ0n) is 10.4. The van der Waals surface area contributed by atoms with Crippen LogP contribution < -0.4 is 0 Å². The number of nitro groups is 1. The van der Waals surface area contributed by atoms with Crippen molar-refractivity contribution >= 4 is 18.4 Å². The minimum atomic E-state index is -1.01. The standard InChI is InChI=1S/C12H13N3O3S/c1-7-5-8(3-4-9(7)19)11(16)12-13-6-10(14(12)2)15(17)18/h3-6,11,16,19H,1-2H3. The summed E-state index contributed by atoms with van der Waals surface area (Å²) in [5.41, 5.74) is 1.54. The third-order valence-corrected chi connectivity index (χ3v) is 3.47. The zero-order valence-corrected chi connectivity index (χ0v) is 11.3. The van der Waals surface area contributed by atoms with Crippen LogP contribution >= 0.6 is 12.6 Å². The lowest BCUT2D eigenvalue weighted by Gasteiger charge is -2.10. The topological polar surface area (TPSA) is 81.2 Å². The lowest BCUT2D eigenvalue weighted by Crippen LogP contribution is -2.09. The highest BCUT2D eigenvalue weighted by molar-refractivity contribution is 7.80. The molecule has 0 aliphatic rings. The van der Waals surface area contributed by atoms with Crippen LogP contribution in [0.3, 0.4) is 0 Å². The summed E-state index contributed by atoms with van der Waals surface area (Å²) >= 11 is 4.26. The molecule has 19 heavy (non-hydrogen) atoms. The second-order valence-electron chi connectivity index (χ2n) is 4.24.